The molecule has 0 saturated heterocycles. The van der Waals surface area contributed by atoms with Crippen LogP contribution in [0.15, 0.2) is 71.1 Å². The third-order valence-corrected chi connectivity index (χ3v) is 5.92. The lowest BCUT2D eigenvalue weighted by Gasteiger charge is -2.18. The molecule has 2 heterocycles. The van der Waals surface area contributed by atoms with Crippen molar-refractivity contribution in [3.8, 4) is 0 Å². The molecular weight excluding hydrogens is 354 g/mol. The second kappa shape index (κ2) is 7.59. The van der Waals surface area contributed by atoms with Gasteiger partial charge in [-0.05, 0) is 40.7 Å². The van der Waals surface area contributed by atoms with Gasteiger partial charge in [0.05, 0.1) is 0 Å². The van der Waals surface area contributed by atoms with Crippen LogP contribution in [0.2, 0.25) is 0 Å². The third kappa shape index (κ3) is 3.89. The van der Waals surface area contributed by atoms with Crippen molar-refractivity contribution >= 4 is 27.6 Å². The number of para-hydroxylation sites is 2. The Labute approximate surface area is 173 Å². The number of rotatable bonds is 1. The first kappa shape index (κ1) is 19.6. The Balaban J connectivity index is 0.000000150. The van der Waals surface area contributed by atoms with Crippen molar-refractivity contribution in [2.24, 2.45) is 5.92 Å². The smallest absolute Gasteiger partial charge is 0.135 e. The van der Waals surface area contributed by atoms with E-state index in [-0.39, 0.29) is 5.41 Å². The topological polar surface area (TPSA) is 25.2 Å². The molecule has 2 nitrogen and oxygen atoms in total. The number of fused-ring (bicyclic) bond motifs is 4. The van der Waals surface area contributed by atoms with Crippen LogP contribution in [0.5, 0.6) is 0 Å². The molecule has 1 aliphatic heterocycles. The van der Waals surface area contributed by atoms with Crippen LogP contribution in [0, 0.1) is 5.92 Å². The molecular formula is C27H31NO. The molecule has 2 heteroatoms. The zero-order chi connectivity index (χ0) is 20.6. The van der Waals surface area contributed by atoms with E-state index in [1.54, 1.807) is 0 Å². The Morgan fingerprint density at radius 3 is 2.31 bits per heavy atom. The van der Waals surface area contributed by atoms with Gasteiger partial charge in [-0.1, -0.05) is 83.1 Å². The summed E-state index contributed by atoms with van der Waals surface area (Å²) in [5, 5.41) is 5.83. The van der Waals surface area contributed by atoms with E-state index in [4.69, 9.17) is 4.42 Å². The van der Waals surface area contributed by atoms with Gasteiger partial charge in [0, 0.05) is 28.9 Å². The fourth-order valence-corrected chi connectivity index (χ4v) is 4.10. The molecule has 0 amide bonds. The molecule has 4 aromatic rings. The minimum Gasteiger partial charge on any atom is -0.456 e. The second-order valence-corrected chi connectivity index (χ2v) is 9.38. The molecule has 0 saturated carbocycles. The van der Waals surface area contributed by atoms with Gasteiger partial charge >= 0.3 is 0 Å². The molecule has 3 aromatic carbocycles. The van der Waals surface area contributed by atoms with Crippen LogP contribution in [0.3, 0.4) is 0 Å². The van der Waals surface area contributed by atoms with E-state index in [9.17, 15) is 0 Å². The molecule has 1 N–H and O–H groups in total. The number of hydrogen-bond donors (Lipinski definition) is 1. The number of nitrogens with one attached hydrogen (secondary N) is 1. The zero-order valence-corrected chi connectivity index (χ0v) is 18.1. The maximum atomic E-state index is 5.89. The van der Waals surface area contributed by atoms with Gasteiger partial charge in [-0.25, -0.2) is 0 Å². The maximum absolute atomic E-state index is 5.89. The van der Waals surface area contributed by atoms with E-state index >= 15 is 0 Å². The van der Waals surface area contributed by atoms with E-state index in [2.05, 4.69) is 94.5 Å². The van der Waals surface area contributed by atoms with Crippen LogP contribution >= 0.6 is 0 Å². The number of benzene rings is 3. The molecule has 0 bridgehead atoms. The average molecular weight is 386 g/mol. The molecule has 0 spiro atoms. The van der Waals surface area contributed by atoms with Crippen LogP contribution < -0.4 is 5.32 Å². The summed E-state index contributed by atoms with van der Waals surface area (Å²) in [6, 6.07) is 23.3. The number of furan rings is 1. The van der Waals surface area contributed by atoms with Crippen molar-refractivity contribution < 1.29 is 4.42 Å². The van der Waals surface area contributed by atoms with Gasteiger partial charge in [-0.15, -0.1) is 0 Å². The summed E-state index contributed by atoms with van der Waals surface area (Å²) in [5.74, 6) is 1.45. The first-order valence-corrected chi connectivity index (χ1v) is 10.6. The fraction of sp³-hybridized carbons (Fsp3) is 0.333. The minimum absolute atomic E-state index is 0.160. The Morgan fingerprint density at radius 2 is 1.55 bits per heavy atom. The van der Waals surface area contributed by atoms with Gasteiger partial charge in [-0.2, -0.15) is 0 Å². The van der Waals surface area contributed by atoms with Crippen molar-refractivity contribution in [1.29, 1.82) is 0 Å². The van der Waals surface area contributed by atoms with Crippen LogP contribution in [-0.2, 0) is 5.41 Å². The zero-order valence-electron chi connectivity index (χ0n) is 18.1. The number of anilines is 1. The van der Waals surface area contributed by atoms with Crippen LogP contribution in [0.1, 0.15) is 51.7 Å². The van der Waals surface area contributed by atoms with Crippen molar-refractivity contribution in [2.45, 2.75) is 46.0 Å². The monoisotopic (exact) mass is 385 g/mol. The summed E-state index contributed by atoms with van der Waals surface area (Å²) < 4.78 is 5.89. The van der Waals surface area contributed by atoms with E-state index in [0.29, 0.717) is 5.92 Å². The van der Waals surface area contributed by atoms with Crippen LogP contribution in [0.25, 0.3) is 21.9 Å². The lowest BCUT2D eigenvalue weighted by molar-refractivity contribution is 0.533. The molecule has 150 valence electrons. The minimum atomic E-state index is 0.160. The summed E-state index contributed by atoms with van der Waals surface area (Å²) in [4.78, 5) is 0. The van der Waals surface area contributed by atoms with Crippen molar-refractivity contribution in [3.63, 3.8) is 0 Å². The van der Waals surface area contributed by atoms with E-state index in [1.807, 2.05) is 12.1 Å². The quantitative estimate of drug-likeness (QED) is 0.362. The normalized spacial score (nSPS) is 15.9. The highest BCUT2D eigenvalue weighted by Crippen LogP contribution is 2.35. The summed E-state index contributed by atoms with van der Waals surface area (Å²) >= 11 is 0. The largest absolute Gasteiger partial charge is 0.456 e. The van der Waals surface area contributed by atoms with Crippen molar-refractivity contribution in [2.75, 3.05) is 11.9 Å². The molecule has 29 heavy (non-hydrogen) atoms. The molecule has 1 aliphatic rings. The first-order chi connectivity index (χ1) is 13.8. The predicted molar refractivity (Wildman–Crippen MR) is 125 cm³/mol. The van der Waals surface area contributed by atoms with Gasteiger partial charge < -0.3 is 9.73 Å². The fourth-order valence-electron chi connectivity index (χ4n) is 4.10. The summed E-state index contributed by atoms with van der Waals surface area (Å²) in [6.45, 7) is 12.3. The predicted octanol–water partition coefficient (Wildman–Crippen LogP) is 7.74. The Kier molecular flexibility index (Phi) is 5.12. The molecule has 1 aromatic heterocycles. The number of hydrogen-bond acceptors (Lipinski definition) is 2. The lowest BCUT2D eigenvalue weighted by Crippen LogP contribution is -2.10. The molecule has 1 unspecified atom stereocenters. The van der Waals surface area contributed by atoms with E-state index in [0.717, 1.165) is 23.6 Å². The summed E-state index contributed by atoms with van der Waals surface area (Å²) in [7, 11) is 0. The van der Waals surface area contributed by atoms with Gasteiger partial charge in [0.2, 0.25) is 0 Å². The molecule has 0 aliphatic carbocycles. The molecule has 0 fully saturated rings. The Morgan fingerprint density at radius 1 is 0.862 bits per heavy atom. The van der Waals surface area contributed by atoms with Gasteiger partial charge in [0.1, 0.15) is 11.2 Å². The molecule has 1 atom stereocenters. The molecule has 5 rings (SSSR count). The highest BCUT2D eigenvalue weighted by molar-refractivity contribution is 6.04. The van der Waals surface area contributed by atoms with Gasteiger partial charge in [0.15, 0.2) is 0 Å². The van der Waals surface area contributed by atoms with Crippen LogP contribution in [0.4, 0.5) is 5.69 Å². The lowest BCUT2D eigenvalue weighted by atomic mass is 9.87. The SMILES string of the molecule is CC(C)(C)c1ccc2c(c1)oc1ccccc12.CC(C)C1CNc2ccccc21. The maximum Gasteiger partial charge on any atom is 0.135 e. The van der Waals surface area contributed by atoms with Crippen LogP contribution in [-0.4, -0.2) is 6.54 Å². The average Bonchev–Trinajstić information content (AvgIpc) is 3.29. The van der Waals surface area contributed by atoms with E-state index in [1.165, 1.54) is 27.6 Å². The highest BCUT2D eigenvalue weighted by Gasteiger charge is 2.23. The first-order valence-electron chi connectivity index (χ1n) is 10.6. The summed E-state index contributed by atoms with van der Waals surface area (Å²) in [5.41, 5.74) is 6.24. The second-order valence-electron chi connectivity index (χ2n) is 9.38. The van der Waals surface area contributed by atoms with Gasteiger partial charge in [-0.3, -0.25) is 0 Å². The van der Waals surface area contributed by atoms with E-state index < -0.39 is 0 Å². The standard InChI is InChI=1S/C16H16O.C11H15N/c1-16(2,3)11-8-9-13-12-6-4-5-7-14(12)17-15(13)10-11;1-8(2)10-7-12-11-6-4-3-5-9(10)11/h4-10H,1-3H3;3-6,8,10,12H,7H2,1-2H3. The van der Waals surface area contributed by atoms with Crippen molar-refractivity contribution in [1.82, 2.24) is 0 Å². The Bertz CT molecular complexity index is 1130. The highest BCUT2D eigenvalue weighted by atomic mass is 16.3. The van der Waals surface area contributed by atoms with Gasteiger partial charge in [0.25, 0.3) is 0 Å². The molecule has 0 radical (unpaired) electrons. The Hall–Kier alpha value is -2.74. The van der Waals surface area contributed by atoms with Crippen molar-refractivity contribution in [3.05, 3.63) is 77.9 Å². The summed E-state index contributed by atoms with van der Waals surface area (Å²) in [6.07, 6.45) is 0. The third-order valence-electron chi connectivity index (χ3n) is 5.92.